The number of morpholine rings is 1. The lowest BCUT2D eigenvalue weighted by Crippen LogP contribution is -2.44. The normalized spacial score (nSPS) is 18.3. The van der Waals surface area contributed by atoms with E-state index in [0.29, 0.717) is 37.1 Å². The lowest BCUT2D eigenvalue weighted by atomic mass is 9.91. The third kappa shape index (κ3) is 9.27. The summed E-state index contributed by atoms with van der Waals surface area (Å²) in [6.07, 6.45) is 3.82. The van der Waals surface area contributed by atoms with Gasteiger partial charge in [-0.3, -0.25) is 14.5 Å². The fourth-order valence-electron chi connectivity index (χ4n) is 6.40. The summed E-state index contributed by atoms with van der Waals surface area (Å²) in [5.74, 6) is -0.728. The quantitative estimate of drug-likeness (QED) is 0.204. The maximum absolute atomic E-state index is 14.4. The Kier molecular flexibility index (Phi) is 11.3. The molecular formula is C37H43FN6O4S. The van der Waals surface area contributed by atoms with Crippen molar-refractivity contribution >= 4 is 23.2 Å². The number of amides is 2. The van der Waals surface area contributed by atoms with Gasteiger partial charge in [0.15, 0.2) is 0 Å². The summed E-state index contributed by atoms with van der Waals surface area (Å²) >= 11 is 1.44. The summed E-state index contributed by atoms with van der Waals surface area (Å²) in [6, 6.07) is 15.3. The highest BCUT2D eigenvalue weighted by Crippen LogP contribution is 2.32. The van der Waals surface area contributed by atoms with Crippen LogP contribution in [-0.2, 0) is 17.8 Å². The molecule has 2 fully saturated rings. The molecule has 12 heteroatoms. The molecule has 0 bridgehead atoms. The molecule has 10 nitrogen and oxygen atoms in total. The van der Waals surface area contributed by atoms with E-state index in [2.05, 4.69) is 62.7 Å². The van der Waals surface area contributed by atoms with Crippen LogP contribution in [0.3, 0.4) is 0 Å². The molecule has 1 saturated carbocycles. The Morgan fingerprint density at radius 2 is 1.76 bits per heavy atom. The van der Waals surface area contributed by atoms with Crippen molar-refractivity contribution in [1.82, 2.24) is 30.4 Å². The molecular weight excluding hydrogens is 644 g/mol. The Morgan fingerprint density at radius 1 is 1.02 bits per heavy atom. The smallest absolute Gasteiger partial charge is 0.270 e. The fraction of sp³-hybridized carbons (Fsp3) is 0.405. The van der Waals surface area contributed by atoms with Crippen molar-refractivity contribution in [3.8, 4) is 22.8 Å². The third-order valence-electron chi connectivity index (χ3n) is 8.84. The van der Waals surface area contributed by atoms with Gasteiger partial charge in [0.1, 0.15) is 22.8 Å². The highest BCUT2D eigenvalue weighted by Gasteiger charge is 2.26. The van der Waals surface area contributed by atoms with Crippen LogP contribution in [0.1, 0.15) is 62.7 Å². The zero-order valence-corrected chi connectivity index (χ0v) is 29.0. The number of carbonyl (C=O) groups is 2. The highest BCUT2D eigenvalue weighted by molar-refractivity contribution is 7.09. The first-order valence-corrected chi connectivity index (χ1v) is 17.6. The molecule has 2 aliphatic rings. The summed E-state index contributed by atoms with van der Waals surface area (Å²) in [5.41, 5.74) is 4.98. The third-order valence-corrected chi connectivity index (χ3v) is 9.61. The van der Waals surface area contributed by atoms with Gasteiger partial charge >= 0.3 is 0 Å². The number of aromatic nitrogens is 2. The van der Waals surface area contributed by atoms with Crippen LogP contribution < -0.4 is 15.4 Å². The highest BCUT2D eigenvalue weighted by atomic mass is 32.1. The van der Waals surface area contributed by atoms with Crippen molar-refractivity contribution in [2.45, 2.75) is 57.8 Å². The molecule has 2 N–H and O–H groups in total. The average molecular weight is 687 g/mol. The van der Waals surface area contributed by atoms with Gasteiger partial charge in [0.2, 0.25) is 5.88 Å². The summed E-state index contributed by atoms with van der Waals surface area (Å²) < 4.78 is 26.2. The van der Waals surface area contributed by atoms with Gasteiger partial charge in [0.05, 0.1) is 24.4 Å². The van der Waals surface area contributed by atoms with Crippen molar-refractivity contribution in [2.24, 2.45) is 0 Å². The lowest BCUT2D eigenvalue weighted by Gasteiger charge is -2.29. The second-order valence-electron chi connectivity index (χ2n) is 13.0. The van der Waals surface area contributed by atoms with E-state index in [-0.39, 0.29) is 29.4 Å². The Morgan fingerprint density at radius 3 is 2.45 bits per heavy atom. The van der Waals surface area contributed by atoms with Gasteiger partial charge in [0, 0.05) is 43.6 Å². The number of halogens is 1. The number of aryl methyl sites for hydroxylation is 1. The Hall–Kier alpha value is -4.23. The van der Waals surface area contributed by atoms with Crippen molar-refractivity contribution in [3.05, 3.63) is 93.3 Å². The van der Waals surface area contributed by atoms with Gasteiger partial charge in [-0.1, -0.05) is 30.3 Å². The molecule has 258 valence electrons. The van der Waals surface area contributed by atoms with Crippen LogP contribution in [-0.4, -0.2) is 84.1 Å². The second-order valence-corrected chi connectivity index (χ2v) is 14.1. The van der Waals surface area contributed by atoms with E-state index in [0.717, 1.165) is 67.8 Å². The van der Waals surface area contributed by atoms with Crippen LogP contribution >= 0.6 is 11.3 Å². The Bertz CT molecular complexity index is 1770. The molecule has 6 rings (SSSR count). The summed E-state index contributed by atoms with van der Waals surface area (Å²) in [6.45, 7) is 6.72. The molecule has 1 aliphatic heterocycles. The molecule has 2 amide bonds. The predicted octanol–water partition coefficient (Wildman–Crippen LogP) is 5.81. The summed E-state index contributed by atoms with van der Waals surface area (Å²) in [7, 11) is 4.12. The molecule has 4 aromatic rings. The number of benzene rings is 2. The number of rotatable bonds is 11. The zero-order chi connectivity index (χ0) is 34.3. The number of nitrogens with zero attached hydrogens (tertiary/aromatic N) is 4. The largest absolute Gasteiger partial charge is 0.438 e. The minimum absolute atomic E-state index is 0.00300. The van der Waals surface area contributed by atoms with Crippen molar-refractivity contribution in [1.29, 1.82) is 0 Å². The van der Waals surface area contributed by atoms with Crippen LogP contribution in [0, 0.1) is 12.7 Å². The Labute approximate surface area is 290 Å². The maximum Gasteiger partial charge on any atom is 0.270 e. The lowest BCUT2D eigenvalue weighted by molar-refractivity contribution is 0.0342. The molecule has 2 aromatic heterocycles. The van der Waals surface area contributed by atoms with E-state index in [1.165, 1.54) is 22.5 Å². The van der Waals surface area contributed by atoms with Gasteiger partial charge in [0.25, 0.3) is 11.8 Å². The van der Waals surface area contributed by atoms with E-state index in [9.17, 15) is 14.0 Å². The Balaban J connectivity index is 1.14. The van der Waals surface area contributed by atoms with Gasteiger partial charge < -0.3 is 25.0 Å². The molecule has 0 spiro atoms. The topological polar surface area (TPSA) is 109 Å². The molecule has 0 atom stereocenters. The molecule has 1 aliphatic carbocycles. The summed E-state index contributed by atoms with van der Waals surface area (Å²) in [4.78, 5) is 39.0. The molecule has 1 saturated heterocycles. The number of thiazole rings is 1. The predicted molar refractivity (Wildman–Crippen MR) is 187 cm³/mol. The molecule has 3 heterocycles. The van der Waals surface area contributed by atoms with E-state index in [1.54, 1.807) is 11.4 Å². The fourth-order valence-corrected chi connectivity index (χ4v) is 7.00. The molecule has 2 aromatic carbocycles. The number of ether oxygens (including phenoxy) is 2. The van der Waals surface area contributed by atoms with Crippen molar-refractivity contribution in [2.75, 3.05) is 40.4 Å². The van der Waals surface area contributed by atoms with Crippen LogP contribution in [0.4, 0.5) is 4.39 Å². The van der Waals surface area contributed by atoms with E-state index < -0.39 is 11.7 Å². The first-order chi connectivity index (χ1) is 23.7. The summed E-state index contributed by atoms with van der Waals surface area (Å²) in [5, 5.41) is 8.69. The standard InChI is InChI=1S/C37H43FN6O4S/c1-24-40-34(23-49-24)36(46)42-30-10-8-29(9-11-30)41-35(45)33-19-28(38)20-39-37(33)48-31-6-4-5-26(18-31)32-12-7-25(21-43(2)3)17-27(32)22-44-13-15-47-16-14-44/h4-7,12,17-20,23,29-30H,8-11,13-16,21-22H2,1-3H3,(H,41,45)(H,42,46)/t29-,30-. The van der Waals surface area contributed by atoms with Crippen molar-refractivity contribution in [3.63, 3.8) is 0 Å². The first kappa shape index (κ1) is 34.6. The zero-order valence-electron chi connectivity index (χ0n) is 28.2. The van der Waals surface area contributed by atoms with Gasteiger partial charge in [-0.2, -0.15) is 0 Å². The van der Waals surface area contributed by atoms with E-state index in [1.807, 2.05) is 25.1 Å². The number of carbonyl (C=O) groups excluding carboxylic acids is 2. The van der Waals surface area contributed by atoms with Crippen LogP contribution in [0.15, 0.2) is 60.1 Å². The number of pyridine rings is 1. The van der Waals surface area contributed by atoms with Gasteiger partial charge in [-0.15, -0.1) is 11.3 Å². The van der Waals surface area contributed by atoms with Gasteiger partial charge in [-0.25, -0.2) is 14.4 Å². The molecule has 49 heavy (non-hydrogen) atoms. The number of nitrogens with one attached hydrogen (secondary N) is 2. The SMILES string of the molecule is Cc1nc(C(=O)N[C@H]2CC[C@H](NC(=O)c3cc(F)cnc3Oc3cccc(-c4ccc(CN(C)C)cc4CN4CCOCC4)c3)CC2)cs1. The molecule has 0 unspecified atom stereocenters. The van der Waals surface area contributed by atoms with Crippen molar-refractivity contribution < 1.29 is 23.5 Å². The van der Waals surface area contributed by atoms with E-state index in [4.69, 9.17) is 9.47 Å². The number of hydrogen-bond acceptors (Lipinski definition) is 9. The minimum Gasteiger partial charge on any atom is -0.438 e. The number of hydrogen-bond donors (Lipinski definition) is 2. The van der Waals surface area contributed by atoms with Crippen LogP contribution in [0.2, 0.25) is 0 Å². The first-order valence-electron chi connectivity index (χ1n) is 16.7. The monoisotopic (exact) mass is 686 g/mol. The van der Waals surface area contributed by atoms with Gasteiger partial charge in [-0.05, 0) is 87.2 Å². The average Bonchev–Trinajstić information content (AvgIpc) is 3.53. The van der Waals surface area contributed by atoms with E-state index >= 15 is 0 Å². The maximum atomic E-state index is 14.4. The minimum atomic E-state index is -0.625. The van der Waals surface area contributed by atoms with Crippen LogP contribution in [0.25, 0.3) is 11.1 Å². The second kappa shape index (κ2) is 16.0. The molecule has 0 radical (unpaired) electrons. The van der Waals surface area contributed by atoms with Crippen LogP contribution in [0.5, 0.6) is 11.6 Å².